The predicted octanol–water partition coefficient (Wildman–Crippen LogP) is 3.49. The van der Waals surface area contributed by atoms with E-state index in [0.717, 1.165) is 12.8 Å². The van der Waals surface area contributed by atoms with Crippen molar-refractivity contribution >= 4 is 12.2 Å². The maximum absolute atomic E-state index is 11.4. The van der Waals surface area contributed by atoms with Crippen LogP contribution in [0.2, 0.25) is 0 Å². The quantitative estimate of drug-likeness (QED) is 0.274. The summed E-state index contributed by atoms with van der Waals surface area (Å²) in [4.78, 5) is 15.4. The lowest BCUT2D eigenvalue weighted by Gasteiger charge is -2.04. The van der Waals surface area contributed by atoms with E-state index in [4.69, 9.17) is 4.74 Å². The van der Waals surface area contributed by atoms with E-state index < -0.39 is 0 Å². The van der Waals surface area contributed by atoms with Crippen LogP contribution in [0.4, 0.5) is 0 Å². The van der Waals surface area contributed by atoms with Crippen LogP contribution in [0, 0.1) is 0 Å². The van der Waals surface area contributed by atoms with Crippen molar-refractivity contribution < 1.29 is 9.53 Å². The molecule has 3 heteroatoms. The maximum Gasteiger partial charge on any atom is 0.356 e. The molecule has 0 aliphatic rings. The second-order valence-electron chi connectivity index (χ2n) is 3.61. The van der Waals surface area contributed by atoms with Gasteiger partial charge in [0.25, 0.3) is 0 Å². The minimum Gasteiger partial charge on any atom is -0.461 e. The van der Waals surface area contributed by atoms with Gasteiger partial charge in [-0.3, -0.25) is 4.99 Å². The van der Waals surface area contributed by atoms with Gasteiger partial charge in [0.2, 0.25) is 0 Å². The van der Waals surface area contributed by atoms with Crippen molar-refractivity contribution in [1.29, 1.82) is 0 Å². The number of hydrogen-bond donors (Lipinski definition) is 0. The molecule has 0 aliphatic heterocycles. The smallest absolute Gasteiger partial charge is 0.356 e. The van der Waals surface area contributed by atoms with Crippen molar-refractivity contribution in [1.82, 2.24) is 0 Å². The number of hydrogen-bond acceptors (Lipinski definition) is 3. The summed E-state index contributed by atoms with van der Waals surface area (Å²) < 4.78 is 5.11. The summed E-state index contributed by atoms with van der Waals surface area (Å²) in [5.74, 6) is -0.323. The topological polar surface area (TPSA) is 38.7 Å². The lowest BCUT2D eigenvalue weighted by molar-refractivity contribution is -0.139. The zero-order valence-corrected chi connectivity index (χ0v) is 10.7. The monoisotopic (exact) mass is 225 g/mol. The highest BCUT2D eigenvalue weighted by molar-refractivity contribution is 5.89. The van der Waals surface area contributed by atoms with E-state index in [0.29, 0.717) is 12.3 Å². The van der Waals surface area contributed by atoms with E-state index in [1.807, 2.05) is 0 Å². The first-order chi connectivity index (χ1) is 7.76. The molecule has 0 fully saturated rings. The van der Waals surface area contributed by atoms with Gasteiger partial charge in [-0.2, -0.15) is 0 Å². The van der Waals surface area contributed by atoms with Gasteiger partial charge in [-0.15, -0.1) is 0 Å². The second kappa shape index (κ2) is 10.4. The van der Waals surface area contributed by atoms with E-state index in [-0.39, 0.29) is 5.97 Å². The summed E-state index contributed by atoms with van der Waals surface area (Å²) in [6, 6.07) is 0. The number of aliphatic imine (C=N–C) groups is 1. The molecule has 3 nitrogen and oxygen atoms in total. The molecule has 0 rings (SSSR count). The Balaban J connectivity index is 3.65. The van der Waals surface area contributed by atoms with Crippen LogP contribution >= 0.6 is 0 Å². The van der Waals surface area contributed by atoms with Crippen molar-refractivity contribution in [3.05, 3.63) is 11.8 Å². The van der Waals surface area contributed by atoms with Gasteiger partial charge >= 0.3 is 5.97 Å². The van der Waals surface area contributed by atoms with Crippen molar-refractivity contribution in [3.63, 3.8) is 0 Å². The average molecular weight is 225 g/mol. The van der Waals surface area contributed by atoms with Gasteiger partial charge < -0.3 is 4.74 Å². The summed E-state index contributed by atoms with van der Waals surface area (Å²) in [5, 5.41) is 0. The molecule has 0 N–H and O–H groups in total. The van der Waals surface area contributed by atoms with Crippen LogP contribution in [0.5, 0.6) is 0 Å². The van der Waals surface area contributed by atoms with Gasteiger partial charge in [-0.25, -0.2) is 4.79 Å². The molecule has 0 spiro atoms. The molecule has 0 saturated carbocycles. The molecule has 16 heavy (non-hydrogen) atoms. The van der Waals surface area contributed by atoms with E-state index in [1.54, 1.807) is 26.1 Å². The number of carbonyl (C=O) groups excluding carboxylic acids is 1. The first-order valence-electron chi connectivity index (χ1n) is 6.08. The Kier molecular flexibility index (Phi) is 9.67. The molecule has 0 radical (unpaired) electrons. The van der Waals surface area contributed by atoms with Crippen LogP contribution in [0.1, 0.15) is 52.9 Å². The Morgan fingerprint density at radius 1 is 1.19 bits per heavy atom. The van der Waals surface area contributed by atoms with Crippen LogP contribution in [-0.2, 0) is 9.53 Å². The standard InChI is InChI=1S/C13H23NO2/c1-4-7-8-9-10-11-16-13(15)12(5-2)14-6-3/h5-6H,4,7-11H2,1-3H3. The van der Waals surface area contributed by atoms with Gasteiger partial charge in [0.05, 0.1) is 6.61 Å². The molecular weight excluding hydrogens is 202 g/mol. The highest BCUT2D eigenvalue weighted by atomic mass is 16.5. The van der Waals surface area contributed by atoms with Gasteiger partial charge in [-0.05, 0) is 20.3 Å². The number of carbonyl (C=O) groups is 1. The number of esters is 1. The lowest BCUT2D eigenvalue weighted by Crippen LogP contribution is -2.07. The zero-order chi connectivity index (χ0) is 12.2. The van der Waals surface area contributed by atoms with Gasteiger partial charge in [-0.1, -0.05) is 38.7 Å². The van der Waals surface area contributed by atoms with Crippen LogP contribution < -0.4 is 0 Å². The molecule has 0 amide bonds. The first-order valence-corrected chi connectivity index (χ1v) is 6.08. The normalized spacial score (nSPS) is 12.1. The Labute approximate surface area is 98.6 Å². The molecule has 0 unspecified atom stereocenters. The third-order valence-electron chi connectivity index (χ3n) is 2.23. The highest BCUT2D eigenvalue weighted by Crippen LogP contribution is 2.04. The molecular formula is C13H23NO2. The number of rotatable bonds is 8. The zero-order valence-electron chi connectivity index (χ0n) is 10.7. The maximum atomic E-state index is 11.4. The van der Waals surface area contributed by atoms with Crippen LogP contribution in [-0.4, -0.2) is 18.8 Å². The highest BCUT2D eigenvalue weighted by Gasteiger charge is 2.07. The fraction of sp³-hybridized carbons (Fsp3) is 0.692. The Morgan fingerprint density at radius 3 is 2.44 bits per heavy atom. The third-order valence-corrected chi connectivity index (χ3v) is 2.23. The summed E-state index contributed by atoms with van der Waals surface area (Å²) in [7, 11) is 0. The minimum atomic E-state index is -0.323. The number of unbranched alkanes of at least 4 members (excludes halogenated alkanes) is 4. The first kappa shape index (κ1) is 14.9. The van der Waals surface area contributed by atoms with Crippen LogP contribution in [0.15, 0.2) is 16.8 Å². The van der Waals surface area contributed by atoms with E-state index in [9.17, 15) is 4.79 Å². The van der Waals surface area contributed by atoms with Crippen molar-refractivity contribution in [3.8, 4) is 0 Å². The molecule has 0 aromatic carbocycles. The van der Waals surface area contributed by atoms with Crippen molar-refractivity contribution in [2.45, 2.75) is 52.9 Å². The molecule has 0 aromatic heterocycles. The van der Waals surface area contributed by atoms with Crippen molar-refractivity contribution in [2.24, 2.45) is 4.99 Å². The van der Waals surface area contributed by atoms with Crippen molar-refractivity contribution in [2.75, 3.05) is 6.61 Å². The number of nitrogens with zero attached hydrogens (tertiary/aromatic N) is 1. The SMILES string of the molecule is CC=NC(=CC)C(=O)OCCCCCCC. The summed E-state index contributed by atoms with van der Waals surface area (Å²) in [6.07, 6.45) is 9.04. The number of ether oxygens (including phenoxy) is 1. The Bertz CT molecular complexity index is 244. The van der Waals surface area contributed by atoms with Crippen LogP contribution in [0.3, 0.4) is 0 Å². The minimum absolute atomic E-state index is 0.323. The van der Waals surface area contributed by atoms with Gasteiger partial charge in [0.1, 0.15) is 5.70 Å². The fourth-order valence-corrected chi connectivity index (χ4v) is 1.33. The van der Waals surface area contributed by atoms with Gasteiger partial charge in [0, 0.05) is 6.21 Å². The molecule has 0 aliphatic carbocycles. The second-order valence-corrected chi connectivity index (χ2v) is 3.61. The Hall–Kier alpha value is -1.12. The predicted molar refractivity (Wildman–Crippen MR) is 67.6 cm³/mol. The third kappa shape index (κ3) is 7.21. The van der Waals surface area contributed by atoms with Gasteiger partial charge in [0.15, 0.2) is 0 Å². The molecule has 0 saturated heterocycles. The average Bonchev–Trinajstić information content (AvgIpc) is 2.30. The molecule has 0 heterocycles. The Morgan fingerprint density at radius 2 is 1.88 bits per heavy atom. The summed E-state index contributed by atoms with van der Waals surface area (Å²) in [6.45, 7) is 6.24. The van der Waals surface area contributed by atoms with E-state index >= 15 is 0 Å². The fourth-order valence-electron chi connectivity index (χ4n) is 1.33. The number of allylic oxidation sites excluding steroid dienone is 1. The lowest BCUT2D eigenvalue weighted by atomic mass is 10.2. The summed E-state index contributed by atoms with van der Waals surface area (Å²) in [5.41, 5.74) is 0.385. The summed E-state index contributed by atoms with van der Waals surface area (Å²) >= 11 is 0. The van der Waals surface area contributed by atoms with E-state index in [1.165, 1.54) is 19.3 Å². The van der Waals surface area contributed by atoms with Crippen LogP contribution in [0.25, 0.3) is 0 Å². The molecule has 0 aromatic rings. The molecule has 0 atom stereocenters. The van der Waals surface area contributed by atoms with E-state index in [2.05, 4.69) is 11.9 Å². The molecule has 0 bridgehead atoms. The largest absolute Gasteiger partial charge is 0.461 e. The molecule has 92 valence electrons.